The Morgan fingerprint density at radius 1 is 1.36 bits per heavy atom. The van der Waals surface area contributed by atoms with Gasteiger partial charge in [-0.3, -0.25) is 4.98 Å². The first kappa shape index (κ1) is 16.3. The van der Waals surface area contributed by atoms with E-state index in [0.717, 1.165) is 21.5 Å². The van der Waals surface area contributed by atoms with E-state index >= 15 is 0 Å². The van der Waals surface area contributed by atoms with Crippen molar-refractivity contribution in [3.05, 3.63) is 35.5 Å². The maximum atomic E-state index is 12.4. The maximum absolute atomic E-state index is 12.4. The summed E-state index contributed by atoms with van der Waals surface area (Å²) in [7, 11) is 0. The number of nitriles is 1. The summed E-state index contributed by atoms with van der Waals surface area (Å²) < 4.78 is 5.21. The van der Waals surface area contributed by atoms with Gasteiger partial charge in [-0.15, -0.1) is 11.8 Å². The van der Waals surface area contributed by atoms with Gasteiger partial charge < -0.3 is 4.74 Å². The smallest absolute Gasteiger partial charge is 0.341 e. The van der Waals surface area contributed by atoms with E-state index in [-0.39, 0.29) is 5.97 Å². The molecule has 2 aromatic rings. The van der Waals surface area contributed by atoms with Gasteiger partial charge in [0, 0.05) is 22.5 Å². The summed E-state index contributed by atoms with van der Waals surface area (Å²) in [4.78, 5) is 17.9. The van der Waals surface area contributed by atoms with Crippen LogP contribution in [0, 0.1) is 11.3 Å². The number of fused-ring (bicyclic) bond motifs is 1. The molecule has 0 bridgehead atoms. The van der Waals surface area contributed by atoms with Crippen LogP contribution in [-0.4, -0.2) is 23.3 Å². The second kappa shape index (κ2) is 7.81. The summed E-state index contributed by atoms with van der Waals surface area (Å²) in [5.41, 5.74) is 2.16. The molecule has 0 unspecified atom stereocenters. The van der Waals surface area contributed by atoms with Crippen molar-refractivity contribution in [3.63, 3.8) is 0 Å². The summed E-state index contributed by atoms with van der Waals surface area (Å²) in [6.07, 6.45) is 1.09. The second-order valence-corrected chi connectivity index (χ2v) is 5.72. The normalized spacial score (nSPS) is 10.4. The number of thioether (sulfide) groups is 1. The van der Waals surface area contributed by atoms with Crippen molar-refractivity contribution in [2.24, 2.45) is 0 Å². The number of aromatic nitrogens is 1. The van der Waals surface area contributed by atoms with Crippen LogP contribution in [-0.2, 0) is 11.2 Å². The number of rotatable bonds is 6. The lowest BCUT2D eigenvalue weighted by atomic mass is 10.1. The zero-order chi connectivity index (χ0) is 15.9. The number of nitrogens with zero attached hydrogens (tertiary/aromatic N) is 2. The highest BCUT2D eigenvalue weighted by molar-refractivity contribution is 7.99. The van der Waals surface area contributed by atoms with Crippen molar-refractivity contribution in [2.45, 2.75) is 31.6 Å². The molecule has 0 spiro atoms. The first-order valence-electron chi connectivity index (χ1n) is 7.31. The number of benzene rings is 1. The molecule has 114 valence electrons. The van der Waals surface area contributed by atoms with Gasteiger partial charge >= 0.3 is 5.97 Å². The number of esters is 1. The van der Waals surface area contributed by atoms with Crippen LogP contribution in [0.3, 0.4) is 0 Å². The van der Waals surface area contributed by atoms with Crippen LogP contribution in [0.1, 0.15) is 36.3 Å². The molecule has 4 nitrogen and oxygen atoms in total. The van der Waals surface area contributed by atoms with Gasteiger partial charge in [0.1, 0.15) is 0 Å². The van der Waals surface area contributed by atoms with Gasteiger partial charge in [0.15, 0.2) is 0 Å². The first-order valence-corrected chi connectivity index (χ1v) is 8.29. The molecule has 1 heterocycles. The van der Waals surface area contributed by atoms with E-state index in [2.05, 4.69) is 11.1 Å². The number of carbonyl (C=O) groups excluding carboxylic acids is 1. The van der Waals surface area contributed by atoms with Crippen molar-refractivity contribution in [1.82, 2.24) is 4.98 Å². The van der Waals surface area contributed by atoms with Crippen LogP contribution >= 0.6 is 11.8 Å². The predicted octanol–water partition coefficient (Wildman–Crippen LogP) is 3.98. The quantitative estimate of drug-likeness (QED) is 0.458. The van der Waals surface area contributed by atoms with Gasteiger partial charge in [0.05, 0.1) is 29.5 Å². The Kier molecular flexibility index (Phi) is 5.79. The number of carbonyl (C=O) groups is 1. The van der Waals surface area contributed by atoms with E-state index in [1.54, 1.807) is 6.92 Å². The monoisotopic (exact) mass is 314 g/mol. The minimum atomic E-state index is -0.336. The SMILES string of the molecule is CCOC(=O)c1c(CC)nc2ccccc2c1SCCC#N. The Hall–Kier alpha value is -2.06. The summed E-state index contributed by atoms with van der Waals surface area (Å²) >= 11 is 1.52. The molecule has 0 amide bonds. The fourth-order valence-corrected chi connectivity index (χ4v) is 3.32. The Morgan fingerprint density at radius 3 is 2.82 bits per heavy atom. The van der Waals surface area contributed by atoms with Gasteiger partial charge in [-0.1, -0.05) is 25.1 Å². The largest absolute Gasteiger partial charge is 0.462 e. The summed E-state index contributed by atoms with van der Waals surface area (Å²) in [5, 5.41) is 9.69. The molecular formula is C17H18N2O2S. The molecule has 0 saturated heterocycles. The fourth-order valence-electron chi connectivity index (χ4n) is 2.25. The minimum absolute atomic E-state index is 0.330. The molecule has 22 heavy (non-hydrogen) atoms. The average Bonchev–Trinajstić information content (AvgIpc) is 2.54. The number of ether oxygens (including phenoxy) is 1. The number of para-hydroxylation sites is 1. The van der Waals surface area contributed by atoms with Crippen molar-refractivity contribution >= 4 is 28.6 Å². The lowest BCUT2D eigenvalue weighted by Gasteiger charge is -2.14. The zero-order valence-electron chi connectivity index (χ0n) is 12.8. The molecule has 1 aromatic carbocycles. The maximum Gasteiger partial charge on any atom is 0.341 e. The van der Waals surface area contributed by atoms with E-state index in [9.17, 15) is 4.79 Å². The molecule has 0 N–H and O–H groups in total. The Morgan fingerprint density at radius 2 is 2.14 bits per heavy atom. The van der Waals surface area contributed by atoms with Crippen LogP contribution in [0.25, 0.3) is 10.9 Å². The topological polar surface area (TPSA) is 63.0 Å². The fraction of sp³-hybridized carbons (Fsp3) is 0.353. The van der Waals surface area contributed by atoms with Crippen LogP contribution < -0.4 is 0 Å². The molecule has 0 saturated carbocycles. The average molecular weight is 314 g/mol. The third-order valence-electron chi connectivity index (χ3n) is 3.19. The van der Waals surface area contributed by atoms with Crippen LogP contribution in [0.15, 0.2) is 29.2 Å². The molecule has 2 rings (SSSR count). The summed E-state index contributed by atoms with van der Waals surface area (Å²) in [5.74, 6) is 0.303. The van der Waals surface area contributed by atoms with E-state index in [4.69, 9.17) is 10.00 Å². The van der Waals surface area contributed by atoms with E-state index in [0.29, 0.717) is 30.8 Å². The first-order chi connectivity index (χ1) is 10.7. The summed E-state index contributed by atoms with van der Waals surface area (Å²) in [6, 6.07) is 9.90. The van der Waals surface area contributed by atoms with E-state index in [1.165, 1.54) is 11.8 Å². The second-order valence-electron chi connectivity index (χ2n) is 4.61. The van der Waals surface area contributed by atoms with Gasteiger partial charge in [-0.25, -0.2) is 4.79 Å². The molecule has 0 aliphatic heterocycles. The lowest BCUT2D eigenvalue weighted by molar-refractivity contribution is 0.0520. The van der Waals surface area contributed by atoms with E-state index in [1.807, 2.05) is 31.2 Å². The van der Waals surface area contributed by atoms with Crippen LogP contribution in [0.2, 0.25) is 0 Å². The van der Waals surface area contributed by atoms with Crippen molar-refractivity contribution in [2.75, 3.05) is 12.4 Å². The Labute approximate surface area is 134 Å². The Balaban J connectivity index is 2.63. The lowest BCUT2D eigenvalue weighted by Crippen LogP contribution is -2.12. The van der Waals surface area contributed by atoms with Crippen molar-refractivity contribution in [3.8, 4) is 6.07 Å². The third kappa shape index (κ3) is 3.40. The molecule has 0 radical (unpaired) electrons. The number of hydrogen-bond donors (Lipinski definition) is 0. The van der Waals surface area contributed by atoms with Crippen molar-refractivity contribution < 1.29 is 9.53 Å². The van der Waals surface area contributed by atoms with Crippen LogP contribution in [0.4, 0.5) is 0 Å². The highest BCUT2D eigenvalue weighted by atomic mass is 32.2. The summed E-state index contributed by atoms with van der Waals surface area (Å²) in [6.45, 7) is 4.10. The standard InChI is InChI=1S/C17H18N2O2S/c1-3-13-15(17(20)21-4-2)16(22-11-7-10-18)12-8-5-6-9-14(12)19-13/h5-6,8-9H,3-4,7,11H2,1-2H3. The molecule has 5 heteroatoms. The highest BCUT2D eigenvalue weighted by Crippen LogP contribution is 2.33. The number of pyridine rings is 1. The number of hydrogen-bond acceptors (Lipinski definition) is 5. The van der Waals surface area contributed by atoms with E-state index < -0.39 is 0 Å². The highest BCUT2D eigenvalue weighted by Gasteiger charge is 2.21. The zero-order valence-corrected chi connectivity index (χ0v) is 13.6. The van der Waals surface area contributed by atoms with Gasteiger partial charge in [-0.05, 0) is 19.4 Å². The molecule has 1 aromatic heterocycles. The Bertz CT molecular complexity index is 722. The van der Waals surface area contributed by atoms with Gasteiger partial charge in [0.2, 0.25) is 0 Å². The van der Waals surface area contributed by atoms with Crippen molar-refractivity contribution in [1.29, 1.82) is 5.26 Å². The molecular weight excluding hydrogens is 296 g/mol. The number of aryl methyl sites for hydroxylation is 1. The predicted molar refractivity (Wildman–Crippen MR) is 88.0 cm³/mol. The molecule has 0 aliphatic carbocycles. The minimum Gasteiger partial charge on any atom is -0.462 e. The van der Waals surface area contributed by atoms with Gasteiger partial charge in [-0.2, -0.15) is 5.26 Å². The van der Waals surface area contributed by atoms with Gasteiger partial charge in [0.25, 0.3) is 0 Å². The van der Waals surface area contributed by atoms with Crippen LogP contribution in [0.5, 0.6) is 0 Å². The molecule has 0 fully saturated rings. The molecule has 0 atom stereocenters. The molecule has 0 aliphatic rings. The third-order valence-corrected chi connectivity index (χ3v) is 4.32.